The Bertz CT molecular complexity index is 550. The van der Waals surface area contributed by atoms with Gasteiger partial charge in [-0.2, -0.15) is 0 Å². The van der Waals surface area contributed by atoms with E-state index in [1.165, 1.54) is 0 Å². The van der Waals surface area contributed by atoms with Crippen molar-refractivity contribution in [2.24, 2.45) is 0 Å². The van der Waals surface area contributed by atoms with Crippen molar-refractivity contribution in [1.29, 1.82) is 0 Å². The Kier molecular flexibility index (Phi) is 4.56. The molecule has 1 aromatic heterocycles. The second kappa shape index (κ2) is 5.97. The van der Waals surface area contributed by atoms with Crippen LogP contribution in [-0.2, 0) is 0 Å². The maximum atomic E-state index is 10.0. The second-order valence-corrected chi connectivity index (χ2v) is 5.26. The van der Waals surface area contributed by atoms with Crippen LogP contribution in [0, 0.1) is 0 Å². The number of nitrogens with zero attached hydrogens (tertiary/aromatic N) is 1. The third-order valence-electron chi connectivity index (χ3n) is 2.82. The lowest BCUT2D eigenvalue weighted by molar-refractivity contribution is 0.0174. The average molecular weight is 331 g/mol. The predicted octanol–water partition coefficient (Wildman–Crippen LogP) is 3.07. The smallest absolute Gasteiger partial charge is 0.105 e. The molecule has 0 saturated heterocycles. The molecule has 2 N–H and O–H groups in total. The largest absolute Gasteiger partial charge is 0.390 e. The van der Waals surface area contributed by atoms with Crippen LogP contribution in [0.3, 0.4) is 0 Å². The van der Waals surface area contributed by atoms with Crippen molar-refractivity contribution in [2.75, 3.05) is 5.33 Å². The highest BCUT2D eigenvalue weighted by molar-refractivity contribution is 9.09. The first-order valence-corrected chi connectivity index (χ1v) is 7.09. The fourth-order valence-corrected chi connectivity index (χ4v) is 2.49. The summed E-state index contributed by atoms with van der Waals surface area (Å²) in [5.41, 5.74) is 1.36. The van der Waals surface area contributed by atoms with Crippen LogP contribution in [0.25, 0.3) is 10.9 Å². The Morgan fingerprint density at radius 3 is 2.78 bits per heavy atom. The summed E-state index contributed by atoms with van der Waals surface area (Å²) in [4.78, 5) is 4.20. The molecule has 0 bridgehead atoms. The van der Waals surface area contributed by atoms with Gasteiger partial charge in [0.2, 0.25) is 0 Å². The Morgan fingerprint density at radius 1 is 1.28 bits per heavy atom. The van der Waals surface area contributed by atoms with Crippen molar-refractivity contribution in [1.82, 2.24) is 4.98 Å². The standard InChI is InChI=1S/C13H13BrClNO2/c14-5-3-12(17)13(18)8-1-2-9-10(15)4-6-16-11(9)7-8/h1-2,4,6-7,12-13,17-18H,3,5H2. The molecule has 0 amide bonds. The van der Waals surface area contributed by atoms with E-state index in [2.05, 4.69) is 20.9 Å². The van der Waals surface area contributed by atoms with E-state index in [0.717, 1.165) is 5.39 Å². The summed E-state index contributed by atoms with van der Waals surface area (Å²) < 4.78 is 0. The minimum Gasteiger partial charge on any atom is -0.390 e. The number of halogens is 2. The quantitative estimate of drug-likeness (QED) is 0.847. The van der Waals surface area contributed by atoms with Gasteiger partial charge < -0.3 is 10.2 Å². The summed E-state index contributed by atoms with van der Waals surface area (Å²) >= 11 is 9.28. The van der Waals surface area contributed by atoms with E-state index in [0.29, 0.717) is 27.9 Å². The summed E-state index contributed by atoms with van der Waals surface area (Å²) in [6.45, 7) is 0. The van der Waals surface area contributed by atoms with Crippen molar-refractivity contribution in [3.05, 3.63) is 41.0 Å². The lowest BCUT2D eigenvalue weighted by atomic mass is 10.0. The minimum atomic E-state index is -0.910. The molecule has 2 aromatic rings. The highest BCUT2D eigenvalue weighted by Gasteiger charge is 2.18. The second-order valence-electron chi connectivity index (χ2n) is 4.06. The Hall–Kier alpha value is -0.680. The minimum absolute atomic E-state index is 0.488. The van der Waals surface area contributed by atoms with Gasteiger partial charge >= 0.3 is 0 Å². The summed E-state index contributed by atoms with van der Waals surface area (Å²) in [5, 5.41) is 21.9. The maximum Gasteiger partial charge on any atom is 0.105 e. The SMILES string of the molecule is OC(CCBr)C(O)c1ccc2c(Cl)ccnc2c1. The third kappa shape index (κ3) is 2.83. The lowest BCUT2D eigenvalue weighted by Gasteiger charge is -2.17. The Morgan fingerprint density at radius 2 is 2.06 bits per heavy atom. The highest BCUT2D eigenvalue weighted by atomic mass is 79.9. The van der Waals surface area contributed by atoms with Crippen molar-refractivity contribution in [3.8, 4) is 0 Å². The van der Waals surface area contributed by atoms with E-state index in [1.807, 2.05) is 6.07 Å². The first kappa shape index (κ1) is 13.7. The number of hydrogen-bond acceptors (Lipinski definition) is 3. The van der Waals surface area contributed by atoms with Crippen LogP contribution in [0.4, 0.5) is 0 Å². The van der Waals surface area contributed by atoms with Gasteiger partial charge in [-0.15, -0.1) is 0 Å². The van der Waals surface area contributed by atoms with E-state index in [9.17, 15) is 10.2 Å². The molecule has 2 atom stereocenters. The van der Waals surface area contributed by atoms with Crippen LogP contribution in [0.1, 0.15) is 18.1 Å². The summed E-state index contributed by atoms with van der Waals surface area (Å²) in [7, 11) is 0. The van der Waals surface area contributed by atoms with Gasteiger partial charge in [0.1, 0.15) is 6.10 Å². The molecule has 0 saturated carbocycles. The van der Waals surface area contributed by atoms with Crippen molar-refractivity contribution < 1.29 is 10.2 Å². The zero-order valence-corrected chi connectivity index (χ0v) is 11.9. The Balaban J connectivity index is 2.35. The number of aromatic nitrogens is 1. The number of aliphatic hydroxyl groups is 2. The van der Waals surface area contributed by atoms with E-state index in [4.69, 9.17) is 11.6 Å². The molecule has 0 radical (unpaired) electrons. The van der Waals surface area contributed by atoms with Crippen molar-refractivity contribution >= 4 is 38.4 Å². The van der Waals surface area contributed by atoms with E-state index in [1.54, 1.807) is 24.4 Å². The molecule has 2 rings (SSSR count). The number of rotatable bonds is 4. The van der Waals surface area contributed by atoms with Gasteiger partial charge in [-0.1, -0.05) is 39.7 Å². The lowest BCUT2D eigenvalue weighted by Crippen LogP contribution is -2.18. The van der Waals surface area contributed by atoms with Crippen LogP contribution in [0.5, 0.6) is 0 Å². The number of fused-ring (bicyclic) bond motifs is 1. The molecular formula is C13H13BrClNO2. The number of alkyl halides is 1. The molecule has 0 fully saturated rings. The first-order chi connectivity index (χ1) is 8.63. The fraction of sp³-hybridized carbons (Fsp3) is 0.308. The number of benzene rings is 1. The number of aliphatic hydroxyl groups excluding tert-OH is 2. The van der Waals surface area contributed by atoms with E-state index >= 15 is 0 Å². The molecule has 1 aromatic carbocycles. The molecule has 18 heavy (non-hydrogen) atoms. The number of hydrogen-bond donors (Lipinski definition) is 2. The van der Waals surface area contributed by atoms with Gasteiger partial charge in [0.25, 0.3) is 0 Å². The molecule has 1 heterocycles. The molecule has 0 aliphatic heterocycles. The van der Waals surface area contributed by atoms with Gasteiger partial charge in [-0.3, -0.25) is 4.98 Å². The molecule has 96 valence electrons. The average Bonchev–Trinajstić information content (AvgIpc) is 2.38. The maximum absolute atomic E-state index is 10.0. The predicted molar refractivity (Wildman–Crippen MR) is 76.1 cm³/mol. The summed E-state index contributed by atoms with van der Waals surface area (Å²) in [6, 6.07) is 7.05. The molecule has 0 aliphatic carbocycles. The van der Waals surface area contributed by atoms with Crippen LogP contribution in [0.15, 0.2) is 30.5 Å². The van der Waals surface area contributed by atoms with Crippen molar-refractivity contribution in [2.45, 2.75) is 18.6 Å². The topological polar surface area (TPSA) is 53.4 Å². The molecule has 5 heteroatoms. The van der Waals surface area contributed by atoms with Crippen molar-refractivity contribution in [3.63, 3.8) is 0 Å². The van der Waals surface area contributed by atoms with Gasteiger partial charge in [-0.25, -0.2) is 0 Å². The molecule has 0 spiro atoms. The zero-order valence-electron chi connectivity index (χ0n) is 9.55. The van der Waals surface area contributed by atoms with E-state index in [-0.39, 0.29) is 0 Å². The zero-order chi connectivity index (χ0) is 13.1. The summed E-state index contributed by atoms with van der Waals surface area (Å²) in [5.74, 6) is 0. The third-order valence-corrected chi connectivity index (χ3v) is 3.61. The highest BCUT2D eigenvalue weighted by Crippen LogP contribution is 2.26. The fourth-order valence-electron chi connectivity index (χ4n) is 1.81. The van der Waals surface area contributed by atoms with Crippen LogP contribution in [-0.4, -0.2) is 26.6 Å². The molecule has 0 aliphatic rings. The van der Waals surface area contributed by atoms with Crippen LogP contribution in [0.2, 0.25) is 5.02 Å². The summed E-state index contributed by atoms with van der Waals surface area (Å²) in [6.07, 6.45) is 0.409. The van der Waals surface area contributed by atoms with Gasteiger partial charge in [0, 0.05) is 16.9 Å². The Labute approximate surface area is 119 Å². The number of pyridine rings is 1. The van der Waals surface area contributed by atoms with Crippen LogP contribution >= 0.6 is 27.5 Å². The molecular weight excluding hydrogens is 318 g/mol. The van der Waals surface area contributed by atoms with E-state index < -0.39 is 12.2 Å². The monoisotopic (exact) mass is 329 g/mol. The van der Waals surface area contributed by atoms with Gasteiger partial charge in [0.05, 0.1) is 16.6 Å². The molecule has 3 nitrogen and oxygen atoms in total. The first-order valence-electron chi connectivity index (χ1n) is 5.59. The van der Waals surface area contributed by atoms with Gasteiger partial charge in [-0.05, 0) is 24.1 Å². The van der Waals surface area contributed by atoms with Crippen LogP contribution < -0.4 is 0 Å². The normalized spacial score (nSPS) is 14.7. The molecule has 2 unspecified atom stereocenters. The van der Waals surface area contributed by atoms with Gasteiger partial charge in [0.15, 0.2) is 0 Å².